The Morgan fingerprint density at radius 3 is 1.62 bits per heavy atom. The molecule has 21 heavy (non-hydrogen) atoms. The van der Waals surface area contributed by atoms with Crippen LogP contribution >= 0.6 is 25.3 Å². The Morgan fingerprint density at radius 1 is 1.00 bits per heavy atom. The van der Waals surface area contributed by atoms with Gasteiger partial charge < -0.3 is 26.4 Å². The molecule has 0 spiro atoms. The number of ether oxygens (including phenoxy) is 1. The quantitative estimate of drug-likeness (QED) is 0.335. The lowest BCUT2D eigenvalue weighted by molar-refractivity contribution is -0.139. The number of carboxylic acid groups (broad SMARTS) is 2. The number of carbonyl (C=O) groups is 2. The highest BCUT2D eigenvalue weighted by atomic mass is 32.1. The van der Waals surface area contributed by atoms with Crippen molar-refractivity contribution in [3.63, 3.8) is 0 Å². The number of hydrogen-bond donors (Lipinski definition) is 6. The SMILES string of the molecule is NC(CC(S)[C@H]1CC[C@H](C(S)CC(N)C(=O)O)O1)C(=O)O. The predicted molar refractivity (Wildman–Crippen MR) is 83.9 cm³/mol. The van der Waals surface area contributed by atoms with Crippen LogP contribution in [0.3, 0.4) is 0 Å². The summed E-state index contributed by atoms with van der Waals surface area (Å²) in [5.74, 6) is -2.13. The van der Waals surface area contributed by atoms with E-state index in [9.17, 15) is 9.59 Å². The fraction of sp³-hybridized carbons (Fsp3) is 0.833. The smallest absolute Gasteiger partial charge is 0.320 e. The Hall–Kier alpha value is -0.480. The van der Waals surface area contributed by atoms with Crippen LogP contribution in [0.25, 0.3) is 0 Å². The summed E-state index contributed by atoms with van der Waals surface area (Å²) < 4.78 is 5.80. The molecule has 0 aliphatic carbocycles. The van der Waals surface area contributed by atoms with Crippen molar-refractivity contribution in [1.29, 1.82) is 0 Å². The minimum atomic E-state index is -1.07. The van der Waals surface area contributed by atoms with Crippen LogP contribution in [0.1, 0.15) is 25.7 Å². The number of aliphatic carboxylic acids is 2. The molecule has 0 saturated carbocycles. The van der Waals surface area contributed by atoms with Gasteiger partial charge in [0.2, 0.25) is 0 Å². The summed E-state index contributed by atoms with van der Waals surface area (Å²) in [6.45, 7) is 0. The first-order valence-corrected chi connectivity index (χ1v) is 7.74. The molecular weight excluding hydrogens is 316 g/mol. The molecule has 122 valence electrons. The molecule has 4 unspecified atom stereocenters. The highest BCUT2D eigenvalue weighted by Crippen LogP contribution is 2.31. The van der Waals surface area contributed by atoms with Crippen LogP contribution in [-0.2, 0) is 14.3 Å². The lowest BCUT2D eigenvalue weighted by atomic mass is 10.0. The molecule has 1 saturated heterocycles. The maximum absolute atomic E-state index is 10.7. The zero-order valence-corrected chi connectivity index (χ0v) is 13.2. The summed E-state index contributed by atoms with van der Waals surface area (Å²) in [5.41, 5.74) is 11.0. The molecule has 1 fully saturated rings. The zero-order valence-electron chi connectivity index (χ0n) is 11.5. The van der Waals surface area contributed by atoms with Crippen LogP contribution in [0.15, 0.2) is 0 Å². The van der Waals surface area contributed by atoms with E-state index in [1.54, 1.807) is 0 Å². The van der Waals surface area contributed by atoms with Crippen LogP contribution in [-0.4, -0.2) is 56.9 Å². The molecule has 6 N–H and O–H groups in total. The van der Waals surface area contributed by atoms with E-state index in [1.165, 1.54) is 0 Å². The van der Waals surface area contributed by atoms with Crippen LogP contribution in [0.4, 0.5) is 0 Å². The Morgan fingerprint density at radius 2 is 1.33 bits per heavy atom. The molecule has 1 aliphatic heterocycles. The van der Waals surface area contributed by atoms with Gasteiger partial charge in [-0.3, -0.25) is 9.59 Å². The number of rotatable bonds is 8. The Balaban J connectivity index is 2.44. The van der Waals surface area contributed by atoms with Crippen LogP contribution in [0.2, 0.25) is 0 Å². The summed E-state index contributed by atoms with van der Waals surface area (Å²) >= 11 is 8.72. The van der Waals surface area contributed by atoms with Crippen molar-refractivity contribution in [2.24, 2.45) is 11.5 Å². The van der Waals surface area contributed by atoms with Gasteiger partial charge in [0.1, 0.15) is 12.1 Å². The third kappa shape index (κ3) is 5.67. The number of nitrogens with two attached hydrogens (primary N) is 2. The fourth-order valence-electron chi connectivity index (χ4n) is 2.28. The highest BCUT2D eigenvalue weighted by molar-refractivity contribution is 7.81. The maximum Gasteiger partial charge on any atom is 0.320 e. The van der Waals surface area contributed by atoms with Gasteiger partial charge in [-0.2, -0.15) is 25.3 Å². The van der Waals surface area contributed by atoms with Gasteiger partial charge in [-0.1, -0.05) is 0 Å². The topological polar surface area (TPSA) is 136 Å². The lowest BCUT2D eigenvalue weighted by Crippen LogP contribution is -2.38. The average molecular weight is 338 g/mol. The van der Waals surface area contributed by atoms with Crippen molar-refractivity contribution in [3.05, 3.63) is 0 Å². The molecule has 1 rings (SSSR count). The van der Waals surface area contributed by atoms with Crippen molar-refractivity contribution in [3.8, 4) is 0 Å². The summed E-state index contributed by atoms with van der Waals surface area (Å²) in [7, 11) is 0. The predicted octanol–water partition coefficient (Wildman–Crippen LogP) is -0.265. The van der Waals surface area contributed by atoms with E-state index in [1.807, 2.05) is 0 Å². The van der Waals surface area contributed by atoms with E-state index in [0.717, 1.165) is 0 Å². The van der Waals surface area contributed by atoms with E-state index in [4.69, 9.17) is 26.4 Å². The van der Waals surface area contributed by atoms with Gasteiger partial charge in [0.15, 0.2) is 0 Å². The monoisotopic (exact) mass is 338 g/mol. The van der Waals surface area contributed by atoms with Gasteiger partial charge >= 0.3 is 11.9 Å². The molecule has 6 atom stereocenters. The zero-order chi connectivity index (χ0) is 16.2. The average Bonchev–Trinajstić information content (AvgIpc) is 2.87. The van der Waals surface area contributed by atoms with Gasteiger partial charge in [-0.25, -0.2) is 0 Å². The van der Waals surface area contributed by atoms with Crippen molar-refractivity contribution >= 4 is 37.2 Å². The van der Waals surface area contributed by atoms with Crippen molar-refractivity contribution in [1.82, 2.24) is 0 Å². The second kappa shape index (κ2) is 8.23. The molecule has 9 heteroatoms. The Labute approximate surface area is 134 Å². The van der Waals surface area contributed by atoms with Gasteiger partial charge in [0, 0.05) is 10.5 Å². The highest BCUT2D eigenvalue weighted by Gasteiger charge is 2.35. The first-order valence-electron chi connectivity index (χ1n) is 6.70. The third-order valence-corrected chi connectivity index (χ3v) is 4.66. The number of thiol groups is 2. The normalized spacial score (nSPS) is 27.8. The van der Waals surface area contributed by atoms with Crippen molar-refractivity contribution < 1.29 is 24.5 Å². The van der Waals surface area contributed by atoms with E-state index in [0.29, 0.717) is 12.8 Å². The van der Waals surface area contributed by atoms with Crippen LogP contribution in [0, 0.1) is 0 Å². The van der Waals surface area contributed by atoms with E-state index < -0.39 is 24.0 Å². The summed E-state index contributed by atoms with van der Waals surface area (Å²) in [5, 5.41) is 17.0. The molecule has 7 nitrogen and oxygen atoms in total. The first-order chi connectivity index (χ1) is 9.72. The van der Waals surface area contributed by atoms with E-state index in [2.05, 4.69) is 25.3 Å². The van der Waals surface area contributed by atoms with Gasteiger partial charge in [0.25, 0.3) is 0 Å². The van der Waals surface area contributed by atoms with Gasteiger partial charge in [0.05, 0.1) is 12.2 Å². The second-order valence-electron chi connectivity index (χ2n) is 5.29. The van der Waals surface area contributed by atoms with E-state index >= 15 is 0 Å². The molecule has 1 heterocycles. The van der Waals surface area contributed by atoms with E-state index in [-0.39, 0.29) is 35.5 Å². The number of carboxylic acids is 2. The second-order valence-corrected chi connectivity index (χ2v) is 6.61. The molecule has 0 radical (unpaired) electrons. The molecule has 0 aromatic carbocycles. The molecule has 0 aromatic heterocycles. The third-order valence-electron chi connectivity index (χ3n) is 3.57. The number of hydrogen-bond acceptors (Lipinski definition) is 7. The summed E-state index contributed by atoms with van der Waals surface area (Å²) in [4.78, 5) is 21.5. The first kappa shape index (κ1) is 18.6. The largest absolute Gasteiger partial charge is 0.480 e. The molecule has 0 amide bonds. The lowest BCUT2D eigenvalue weighted by Gasteiger charge is -2.24. The summed E-state index contributed by atoms with van der Waals surface area (Å²) in [6.07, 6.45) is 1.43. The van der Waals surface area contributed by atoms with Crippen molar-refractivity contribution in [2.75, 3.05) is 0 Å². The summed E-state index contributed by atoms with van der Waals surface area (Å²) in [6, 6.07) is -1.94. The minimum absolute atomic E-state index is 0.209. The molecule has 0 bridgehead atoms. The van der Waals surface area contributed by atoms with Crippen LogP contribution in [0.5, 0.6) is 0 Å². The fourth-order valence-corrected chi connectivity index (χ4v) is 3.17. The molecule has 1 aliphatic rings. The van der Waals surface area contributed by atoms with Gasteiger partial charge in [-0.05, 0) is 25.7 Å². The molecular formula is C12H22N2O5S2. The minimum Gasteiger partial charge on any atom is -0.480 e. The van der Waals surface area contributed by atoms with Crippen molar-refractivity contribution in [2.45, 2.75) is 60.5 Å². The molecule has 0 aromatic rings. The maximum atomic E-state index is 10.7. The van der Waals surface area contributed by atoms with Crippen LogP contribution < -0.4 is 11.5 Å². The Bertz CT molecular complexity index is 351. The Kier molecular flexibility index (Phi) is 7.28. The van der Waals surface area contributed by atoms with Gasteiger partial charge in [-0.15, -0.1) is 0 Å². The standard InChI is InChI=1S/C12H22N2O5S2/c13-5(11(15)16)3-9(20)7-1-2-8(19-7)10(21)4-6(14)12(17)18/h5-10,20-21H,1-4,13-14H2,(H,15,16)(H,17,18)/t5?,6?,7-,8-,9?,10?/m1/s1.